The molecule has 0 bridgehead atoms. The number of nitrogens with one attached hydrogen (secondary N) is 2. The summed E-state index contributed by atoms with van der Waals surface area (Å²) < 4.78 is 5.40. The van der Waals surface area contributed by atoms with Crippen molar-refractivity contribution in [1.29, 1.82) is 0 Å². The van der Waals surface area contributed by atoms with Crippen LogP contribution >= 0.6 is 0 Å². The molecule has 4 rings (SSSR count). The van der Waals surface area contributed by atoms with Crippen LogP contribution in [0.3, 0.4) is 0 Å². The Bertz CT molecular complexity index is 965. The molecule has 3 aliphatic rings. The number of carbonyl (C=O) groups is 4. The molecular formula is C26H32N2O5. The Hall–Kier alpha value is -2.96. The fraction of sp³-hybridized carbons (Fsp3) is 0.538. The Kier molecular flexibility index (Phi) is 7.26. The van der Waals surface area contributed by atoms with E-state index in [1.807, 2.05) is 24.3 Å². The van der Waals surface area contributed by atoms with E-state index in [1.165, 1.54) is 0 Å². The minimum Gasteiger partial charge on any atom is -0.496 e. The van der Waals surface area contributed by atoms with Crippen molar-refractivity contribution in [2.24, 2.45) is 17.8 Å². The lowest BCUT2D eigenvalue weighted by molar-refractivity contribution is -0.130. The van der Waals surface area contributed by atoms with E-state index in [0.717, 1.165) is 48.8 Å². The molecule has 1 saturated carbocycles. The quantitative estimate of drug-likeness (QED) is 0.503. The topological polar surface area (TPSA) is 102 Å². The van der Waals surface area contributed by atoms with Gasteiger partial charge >= 0.3 is 0 Å². The molecule has 0 unspecified atom stereocenters. The highest BCUT2D eigenvalue weighted by Crippen LogP contribution is 2.35. The van der Waals surface area contributed by atoms with Crippen molar-refractivity contribution in [2.45, 2.75) is 57.4 Å². The third-order valence-corrected chi connectivity index (χ3v) is 6.97. The number of aldehydes is 1. The highest BCUT2D eigenvalue weighted by molar-refractivity contribution is 6.03. The van der Waals surface area contributed by atoms with Crippen LogP contribution in [0.25, 0.3) is 6.08 Å². The molecule has 0 spiro atoms. The molecule has 1 saturated heterocycles. The maximum atomic E-state index is 13.2. The number of methoxy groups -OCH3 is 1. The van der Waals surface area contributed by atoms with Crippen LogP contribution in [0.2, 0.25) is 0 Å². The number of rotatable bonds is 11. The van der Waals surface area contributed by atoms with E-state index in [-0.39, 0.29) is 29.9 Å². The van der Waals surface area contributed by atoms with E-state index < -0.39 is 12.0 Å². The summed E-state index contributed by atoms with van der Waals surface area (Å²) in [5, 5.41) is 5.78. The second-order valence-corrected chi connectivity index (χ2v) is 9.52. The fourth-order valence-electron chi connectivity index (χ4n) is 4.88. The molecule has 33 heavy (non-hydrogen) atoms. The van der Waals surface area contributed by atoms with Gasteiger partial charge in [-0.2, -0.15) is 0 Å². The van der Waals surface area contributed by atoms with Gasteiger partial charge in [-0.15, -0.1) is 0 Å². The first-order valence-corrected chi connectivity index (χ1v) is 11.9. The summed E-state index contributed by atoms with van der Waals surface area (Å²) >= 11 is 0. The standard InChI is InChI=1S/C26H32N2O5/c1-33-24-6-2-4-18-13-20(14-21(18)24)26(32)28-22(11-16-7-8-16)23(30)12-17(15-29)10-19-5-3-9-27-25(19)31/h2,4,6,14-17,19,22H,3,5,7-13H2,1H3,(H,27,31)(H,28,32)/t17-,19+,22+/m1/s1. The number of piperidine rings is 1. The van der Waals surface area contributed by atoms with Crippen LogP contribution in [0.5, 0.6) is 5.75 Å². The molecule has 3 atom stereocenters. The lowest BCUT2D eigenvalue weighted by Gasteiger charge is -2.25. The number of hydrogen-bond acceptors (Lipinski definition) is 5. The van der Waals surface area contributed by atoms with E-state index in [1.54, 1.807) is 7.11 Å². The highest BCUT2D eigenvalue weighted by atomic mass is 16.5. The number of fused-ring (bicyclic) bond motifs is 1. The molecule has 176 valence electrons. The van der Waals surface area contributed by atoms with E-state index in [4.69, 9.17) is 4.74 Å². The van der Waals surface area contributed by atoms with Crippen molar-refractivity contribution >= 4 is 30.0 Å². The predicted octanol–water partition coefficient (Wildman–Crippen LogP) is 2.61. The van der Waals surface area contributed by atoms with Crippen molar-refractivity contribution in [2.75, 3.05) is 13.7 Å². The third-order valence-electron chi connectivity index (χ3n) is 6.97. The molecule has 1 heterocycles. The van der Waals surface area contributed by atoms with Gasteiger partial charge in [0.15, 0.2) is 5.78 Å². The molecule has 2 fully saturated rings. The third kappa shape index (κ3) is 5.70. The Balaban J connectivity index is 1.40. The molecule has 7 heteroatoms. The number of benzene rings is 1. The smallest absolute Gasteiger partial charge is 0.248 e. The van der Waals surface area contributed by atoms with Crippen molar-refractivity contribution < 1.29 is 23.9 Å². The second-order valence-electron chi connectivity index (χ2n) is 9.52. The van der Waals surface area contributed by atoms with Crippen LogP contribution in [-0.4, -0.2) is 43.6 Å². The van der Waals surface area contributed by atoms with E-state index in [2.05, 4.69) is 10.6 Å². The predicted molar refractivity (Wildman–Crippen MR) is 123 cm³/mol. The molecule has 2 amide bonds. The molecule has 7 nitrogen and oxygen atoms in total. The van der Waals surface area contributed by atoms with E-state index in [0.29, 0.717) is 37.3 Å². The molecule has 1 aliphatic heterocycles. The van der Waals surface area contributed by atoms with Gasteiger partial charge in [-0.1, -0.05) is 25.0 Å². The van der Waals surface area contributed by atoms with Gasteiger partial charge < -0.3 is 20.2 Å². The average Bonchev–Trinajstić information content (AvgIpc) is 3.53. The summed E-state index contributed by atoms with van der Waals surface area (Å²) in [6, 6.07) is 5.12. The van der Waals surface area contributed by atoms with Gasteiger partial charge in [-0.3, -0.25) is 14.4 Å². The van der Waals surface area contributed by atoms with Crippen LogP contribution in [-0.2, 0) is 25.6 Å². The van der Waals surface area contributed by atoms with Gasteiger partial charge in [0.1, 0.15) is 12.0 Å². The highest BCUT2D eigenvalue weighted by Gasteiger charge is 2.34. The second kappa shape index (κ2) is 10.3. The summed E-state index contributed by atoms with van der Waals surface area (Å²) in [5.74, 6) is 0.0132. The number of ketones is 1. The van der Waals surface area contributed by atoms with Crippen LogP contribution in [0.4, 0.5) is 0 Å². The van der Waals surface area contributed by atoms with Gasteiger partial charge in [0.25, 0.3) is 0 Å². The minimum absolute atomic E-state index is 0.0356. The molecule has 1 aromatic carbocycles. The van der Waals surface area contributed by atoms with E-state index in [9.17, 15) is 19.2 Å². The molecule has 2 N–H and O–H groups in total. The summed E-state index contributed by atoms with van der Waals surface area (Å²) in [5.41, 5.74) is 2.53. The zero-order chi connectivity index (χ0) is 23.4. The van der Waals surface area contributed by atoms with Gasteiger partial charge in [-0.25, -0.2) is 0 Å². The average molecular weight is 453 g/mol. The Morgan fingerprint density at radius 2 is 2.06 bits per heavy atom. The van der Waals surface area contributed by atoms with Crippen LogP contribution in [0.15, 0.2) is 23.8 Å². The van der Waals surface area contributed by atoms with Gasteiger partial charge in [-0.05, 0) is 49.3 Å². The van der Waals surface area contributed by atoms with Gasteiger partial charge in [0, 0.05) is 42.4 Å². The summed E-state index contributed by atoms with van der Waals surface area (Å²) in [7, 11) is 1.60. The lowest BCUT2D eigenvalue weighted by atomic mass is 9.85. The zero-order valence-electron chi connectivity index (χ0n) is 19.1. The van der Waals surface area contributed by atoms with Crippen molar-refractivity contribution in [3.63, 3.8) is 0 Å². The number of hydrogen-bond donors (Lipinski definition) is 2. The van der Waals surface area contributed by atoms with E-state index >= 15 is 0 Å². The monoisotopic (exact) mass is 452 g/mol. The molecule has 2 aliphatic carbocycles. The lowest BCUT2D eigenvalue weighted by Crippen LogP contribution is -2.43. The summed E-state index contributed by atoms with van der Waals surface area (Å²) in [6.45, 7) is 0.668. The van der Waals surface area contributed by atoms with Crippen molar-refractivity contribution in [3.05, 3.63) is 34.9 Å². The minimum atomic E-state index is -0.612. The van der Waals surface area contributed by atoms with Crippen LogP contribution in [0.1, 0.15) is 56.1 Å². The first-order chi connectivity index (χ1) is 16.0. The molecule has 1 aromatic rings. The Morgan fingerprint density at radius 1 is 1.24 bits per heavy atom. The maximum Gasteiger partial charge on any atom is 0.248 e. The number of Topliss-reactive ketones (excluding diaryl/α,β-unsaturated/α-hetero) is 1. The maximum absolute atomic E-state index is 13.2. The van der Waals surface area contributed by atoms with Crippen molar-refractivity contribution in [3.8, 4) is 5.75 Å². The molecule has 0 aromatic heterocycles. The summed E-state index contributed by atoms with van der Waals surface area (Å²) in [4.78, 5) is 50.0. The number of carbonyl (C=O) groups excluding carboxylic acids is 4. The Labute approximate surface area is 194 Å². The van der Waals surface area contributed by atoms with Gasteiger partial charge in [0.2, 0.25) is 11.8 Å². The van der Waals surface area contributed by atoms with Crippen LogP contribution in [0, 0.1) is 17.8 Å². The Morgan fingerprint density at radius 3 is 2.76 bits per heavy atom. The largest absolute Gasteiger partial charge is 0.496 e. The first-order valence-electron chi connectivity index (χ1n) is 11.9. The first kappa shape index (κ1) is 23.2. The molecular weight excluding hydrogens is 420 g/mol. The fourth-order valence-corrected chi connectivity index (χ4v) is 4.88. The zero-order valence-corrected chi connectivity index (χ0v) is 19.1. The van der Waals surface area contributed by atoms with Crippen LogP contribution < -0.4 is 15.4 Å². The van der Waals surface area contributed by atoms with Crippen molar-refractivity contribution in [1.82, 2.24) is 10.6 Å². The SMILES string of the molecule is COc1cccc2c1C=C(C(=O)N[C@@H](CC1CC1)C(=O)C[C@H](C=O)C[C@@H]1CCCNC1=O)C2. The summed E-state index contributed by atoms with van der Waals surface area (Å²) in [6.07, 6.45) is 7.90. The number of ether oxygens (including phenoxy) is 1. The molecule has 0 radical (unpaired) electrons. The van der Waals surface area contributed by atoms with Gasteiger partial charge in [0.05, 0.1) is 13.2 Å². The normalized spacial score (nSPS) is 21.3. The number of amides is 2.